The van der Waals surface area contributed by atoms with Crippen molar-refractivity contribution < 1.29 is 4.79 Å². The molecule has 3 aliphatic heterocycles. The van der Waals surface area contributed by atoms with E-state index < -0.39 is 0 Å². The predicted octanol–water partition coefficient (Wildman–Crippen LogP) is 1.05. The van der Waals surface area contributed by atoms with Gasteiger partial charge in [-0.05, 0) is 69.4 Å². The van der Waals surface area contributed by atoms with Crippen LogP contribution in [0.25, 0.3) is 6.08 Å². The molecule has 4 rings (SSSR count). The number of hydrogen-bond acceptors (Lipinski definition) is 7. The van der Waals surface area contributed by atoms with E-state index in [0.717, 1.165) is 61.1 Å². The third-order valence-electron chi connectivity index (χ3n) is 5.55. The summed E-state index contributed by atoms with van der Waals surface area (Å²) >= 11 is 1.52. The Morgan fingerprint density at radius 3 is 2.85 bits per heavy atom. The minimum atomic E-state index is -0.0122. The lowest BCUT2D eigenvalue weighted by Gasteiger charge is -2.32. The number of nitrogens with one attached hydrogen (secondary N) is 3. The molecule has 0 saturated carbocycles. The third-order valence-corrected chi connectivity index (χ3v) is 6.46. The summed E-state index contributed by atoms with van der Waals surface area (Å²) in [6, 6.07) is 1.86. The van der Waals surface area contributed by atoms with E-state index in [4.69, 9.17) is 0 Å². The van der Waals surface area contributed by atoms with Gasteiger partial charge < -0.3 is 20.9 Å². The van der Waals surface area contributed by atoms with Gasteiger partial charge in [-0.25, -0.2) is 9.97 Å². The first-order chi connectivity index (χ1) is 13.3. The van der Waals surface area contributed by atoms with Gasteiger partial charge in [0.2, 0.25) is 5.95 Å². The Morgan fingerprint density at radius 2 is 2.11 bits per heavy atom. The number of carbonyl (C=O) groups excluding carboxylic acids is 1. The molecule has 1 aromatic rings. The SMILES string of the molecule is O=C1NCSC1=Cc1ccnc(N2CCC(CNCC3CCNC3)CC2)n1. The molecule has 3 N–H and O–H groups in total. The maximum absolute atomic E-state index is 11.7. The van der Waals surface area contributed by atoms with Crippen molar-refractivity contribution in [3.8, 4) is 0 Å². The zero-order valence-electron chi connectivity index (χ0n) is 15.6. The number of nitrogens with zero attached hydrogens (tertiary/aromatic N) is 3. The van der Waals surface area contributed by atoms with Crippen molar-refractivity contribution in [3.05, 3.63) is 22.9 Å². The smallest absolute Gasteiger partial charge is 0.258 e. The van der Waals surface area contributed by atoms with Crippen LogP contribution in [0.3, 0.4) is 0 Å². The first-order valence-electron chi connectivity index (χ1n) is 9.90. The number of hydrogen-bond donors (Lipinski definition) is 3. The highest BCUT2D eigenvalue weighted by molar-refractivity contribution is 8.04. The summed E-state index contributed by atoms with van der Waals surface area (Å²) in [5.41, 5.74) is 0.800. The number of piperidine rings is 1. The summed E-state index contributed by atoms with van der Waals surface area (Å²) in [6.07, 6.45) is 7.28. The molecule has 1 aromatic heterocycles. The van der Waals surface area contributed by atoms with Gasteiger partial charge in [0, 0.05) is 19.3 Å². The largest absolute Gasteiger partial charge is 0.342 e. The minimum Gasteiger partial charge on any atom is -0.342 e. The summed E-state index contributed by atoms with van der Waals surface area (Å²) in [6.45, 7) is 6.57. The second-order valence-corrected chi connectivity index (χ2v) is 8.55. The molecule has 3 saturated heterocycles. The van der Waals surface area contributed by atoms with Gasteiger partial charge in [0.25, 0.3) is 5.91 Å². The lowest BCUT2D eigenvalue weighted by Crippen LogP contribution is -2.39. The second-order valence-electron chi connectivity index (χ2n) is 7.53. The van der Waals surface area contributed by atoms with Crippen molar-refractivity contribution in [1.82, 2.24) is 25.9 Å². The molecule has 0 bridgehead atoms. The van der Waals surface area contributed by atoms with Gasteiger partial charge in [-0.1, -0.05) is 11.8 Å². The van der Waals surface area contributed by atoms with E-state index in [9.17, 15) is 4.79 Å². The Hall–Kier alpha value is -1.64. The van der Waals surface area contributed by atoms with Crippen LogP contribution in [-0.2, 0) is 4.79 Å². The number of aromatic nitrogens is 2. The molecule has 1 amide bonds. The molecule has 3 aliphatic rings. The van der Waals surface area contributed by atoms with Crippen LogP contribution in [0.2, 0.25) is 0 Å². The lowest BCUT2D eigenvalue weighted by molar-refractivity contribution is -0.116. The van der Waals surface area contributed by atoms with Crippen LogP contribution >= 0.6 is 11.8 Å². The van der Waals surface area contributed by atoms with E-state index in [1.54, 1.807) is 6.20 Å². The summed E-state index contributed by atoms with van der Waals surface area (Å²) in [5, 5.41) is 9.89. The Bertz CT molecular complexity index is 683. The predicted molar refractivity (Wildman–Crippen MR) is 109 cm³/mol. The highest BCUT2D eigenvalue weighted by Crippen LogP contribution is 2.24. The summed E-state index contributed by atoms with van der Waals surface area (Å²) in [5.74, 6) is 2.94. The molecule has 3 fully saturated rings. The number of amides is 1. The van der Waals surface area contributed by atoms with Crippen LogP contribution in [0.1, 0.15) is 25.0 Å². The molecule has 4 heterocycles. The minimum absolute atomic E-state index is 0.0122. The maximum atomic E-state index is 11.7. The van der Waals surface area contributed by atoms with Crippen molar-refractivity contribution >= 4 is 29.7 Å². The Labute approximate surface area is 164 Å². The number of rotatable bonds is 6. The summed E-state index contributed by atoms with van der Waals surface area (Å²) < 4.78 is 0. The second kappa shape index (κ2) is 9.03. The maximum Gasteiger partial charge on any atom is 0.258 e. The molecule has 7 nitrogen and oxygen atoms in total. The summed E-state index contributed by atoms with van der Waals surface area (Å²) in [7, 11) is 0. The van der Waals surface area contributed by atoms with Gasteiger partial charge in [-0.3, -0.25) is 4.79 Å². The standard InChI is InChI=1S/C19H28N6OS/c26-18-17(27-13-23-18)9-16-2-6-22-19(24-16)25-7-3-14(4-8-25)10-21-12-15-1-5-20-11-15/h2,6,9,14-15,20-21H,1,3-5,7-8,10-13H2,(H,23,26). The quantitative estimate of drug-likeness (QED) is 0.629. The highest BCUT2D eigenvalue weighted by Gasteiger charge is 2.22. The lowest BCUT2D eigenvalue weighted by atomic mass is 9.96. The molecular weight excluding hydrogens is 360 g/mol. The average Bonchev–Trinajstić information content (AvgIpc) is 3.35. The molecule has 0 radical (unpaired) electrons. The van der Waals surface area contributed by atoms with E-state index in [1.807, 2.05) is 12.1 Å². The Kier molecular flexibility index (Phi) is 6.26. The number of thioether (sulfide) groups is 1. The average molecular weight is 389 g/mol. The molecule has 8 heteroatoms. The zero-order chi connectivity index (χ0) is 18.5. The first kappa shape index (κ1) is 18.7. The van der Waals surface area contributed by atoms with E-state index in [-0.39, 0.29) is 5.91 Å². The molecule has 146 valence electrons. The molecule has 27 heavy (non-hydrogen) atoms. The highest BCUT2D eigenvalue weighted by atomic mass is 32.2. The van der Waals surface area contributed by atoms with Crippen molar-refractivity contribution in [1.29, 1.82) is 0 Å². The molecule has 1 atom stereocenters. The van der Waals surface area contributed by atoms with E-state index >= 15 is 0 Å². The first-order valence-corrected chi connectivity index (χ1v) is 10.9. The monoisotopic (exact) mass is 388 g/mol. The van der Waals surface area contributed by atoms with Gasteiger partial charge in [0.1, 0.15) is 0 Å². The van der Waals surface area contributed by atoms with E-state index in [2.05, 4.69) is 30.8 Å². The molecular formula is C19H28N6OS. The van der Waals surface area contributed by atoms with Crippen molar-refractivity contribution in [2.24, 2.45) is 11.8 Å². The van der Waals surface area contributed by atoms with Crippen LogP contribution in [0.4, 0.5) is 5.95 Å². The molecule has 0 spiro atoms. The molecule has 0 aliphatic carbocycles. The molecule has 1 unspecified atom stereocenters. The van der Waals surface area contributed by atoms with Crippen LogP contribution in [0, 0.1) is 11.8 Å². The van der Waals surface area contributed by atoms with Gasteiger partial charge in [0.05, 0.1) is 16.5 Å². The fraction of sp³-hybridized carbons (Fsp3) is 0.632. The van der Waals surface area contributed by atoms with Crippen molar-refractivity contribution in [3.63, 3.8) is 0 Å². The summed E-state index contributed by atoms with van der Waals surface area (Å²) in [4.78, 5) is 23.8. The normalized spacial score (nSPS) is 25.3. The Balaban J connectivity index is 1.26. The Morgan fingerprint density at radius 1 is 1.26 bits per heavy atom. The van der Waals surface area contributed by atoms with Crippen molar-refractivity contribution in [2.75, 3.05) is 50.0 Å². The van der Waals surface area contributed by atoms with E-state index in [1.165, 1.54) is 37.6 Å². The van der Waals surface area contributed by atoms with Crippen LogP contribution in [0.5, 0.6) is 0 Å². The fourth-order valence-corrected chi connectivity index (χ4v) is 4.65. The van der Waals surface area contributed by atoms with Crippen LogP contribution in [0.15, 0.2) is 17.2 Å². The third kappa shape index (κ3) is 5.00. The number of anilines is 1. The topological polar surface area (TPSA) is 82.2 Å². The van der Waals surface area contributed by atoms with Gasteiger partial charge in [0.15, 0.2) is 0 Å². The zero-order valence-corrected chi connectivity index (χ0v) is 16.4. The van der Waals surface area contributed by atoms with Gasteiger partial charge in [-0.2, -0.15) is 0 Å². The molecule has 0 aromatic carbocycles. The fourth-order valence-electron chi connectivity index (χ4n) is 3.89. The van der Waals surface area contributed by atoms with Gasteiger partial charge in [-0.15, -0.1) is 0 Å². The number of carbonyl (C=O) groups is 1. The van der Waals surface area contributed by atoms with Gasteiger partial charge >= 0.3 is 0 Å². The van der Waals surface area contributed by atoms with Crippen molar-refractivity contribution in [2.45, 2.75) is 19.3 Å². The van der Waals surface area contributed by atoms with Crippen LogP contribution in [-0.4, -0.2) is 61.0 Å². The van der Waals surface area contributed by atoms with E-state index in [0.29, 0.717) is 5.88 Å². The van der Waals surface area contributed by atoms with Crippen LogP contribution < -0.4 is 20.9 Å².